The zero-order chi connectivity index (χ0) is 14.7. The molecule has 21 heavy (non-hydrogen) atoms. The lowest BCUT2D eigenvalue weighted by Gasteiger charge is -2.18. The molecule has 1 aliphatic heterocycles. The highest BCUT2D eigenvalue weighted by atomic mass is 35.5. The molecule has 0 fully saturated rings. The largest absolute Gasteiger partial charge is 0.421 e. The van der Waals surface area contributed by atoms with Gasteiger partial charge in [-0.2, -0.15) is 0 Å². The van der Waals surface area contributed by atoms with Gasteiger partial charge in [0.25, 0.3) is 0 Å². The van der Waals surface area contributed by atoms with E-state index in [2.05, 4.69) is 4.99 Å². The maximum atomic E-state index is 12.3. The number of aliphatic imine (C=N–C) groups is 1. The minimum absolute atomic E-state index is 0.433. The average Bonchev–Trinajstić information content (AvgIpc) is 2.98. The van der Waals surface area contributed by atoms with Crippen LogP contribution in [0.25, 0.3) is 0 Å². The molecule has 2 aromatic carbocycles. The number of amidine groups is 1. The molecule has 1 heterocycles. The number of hydrogen-bond acceptors (Lipinski definition) is 3. The van der Waals surface area contributed by atoms with Crippen LogP contribution in [0, 0.1) is 0 Å². The Morgan fingerprint density at radius 3 is 2.71 bits per heavy atom. The first kappa shape index (κ1) is 13.6. The quantitative estimate of drug-likeness (QED) is 0.850. The van der Waals surface area contributed by atoms with Gasteiger partial charge in [0.2, 0.25) is 0 Å². The Kier molecular flexibility index (Phi) is 3.88. The second-order valence-corrected chi connectivity index (χ2v) is 4.98. The first-order valence-electron chi connectivity index (χ1n) is 6.59. The highest BCUT2D eigenvalue weighted by molar-refractivity contribution is 6.31. The van der Waals surface area contributed by atoms with Gasteiger partial charge in [0, 0.05) is 10.6 Å². The lowest BCUT2D eigenvalue weighted by Crippen LogP contribution is -2.37. The first-order chi connectivity index (χ1) is 10.2. The second-order valence-electron chi connectivity index (χ2n) is 4.55. The fraction of sp³-hybridized carbons (Fsp3) is 0.125. The summed E-state index contributed by atoms with van der Waals surface area (Å²) in [5.74, 6) is 1.11. The molecule has 5 heteroatoms. The van der Waals surface area contributed by atoms with Gasteiger partial charge >= 0.3 is 6.09 Å². The van der Waals surface area contributed by atoms with Gasteiger partial charge < -0.3 is 4.74 Å². The lowest BCUT2D eigenvalue weighted by atomic mass is 10.2. The molecule has 1 aliphatic rings. The summed E-state index contributed by atoms with van der Waals surface area (Å²) in [6.45, 7) is 1.07. The molecular formula is C16H13ClN2O2. The standard InChI is InChI=1S/C16H13ClN2O2/c17-13-6-4-5-12(11-13)15-18-9-10-19(15)16(20)21-14-7-2-1-3-8-14/h1-8,11H,9-10H2. The van der Waals surface area contributed by atoms with Crippen LogP contribution < -0.4 is 4.74 Å². The van der Waals surface area contributed by atoms with E-state index in [9.17, 15) is 4.79 Å². The summed E-state index contributed by atoms with van der Waals surface area (Å²) < 4.78 is 5.35. The second kappa shape index (κ2) is 5.97. The molecule has 0 atom stereocenters. The topological polar surface area (TPSA) is 41.9 Å². The van der Waals surface area contributed by atoms with E-state index >= 15 is 0 Å². The van der Waals surface area contributed by atoms with E-state index in [0.717, 1.165) is 5.56 Å². The molecule has 106 valence electrons. The van der Waals surface area contributed by atoms with Crippen molar-refractivity contribution < 1.29 is 9.53 Å². The van der Waals surface area contributed by atoms with Crippen LogP contribution in [0.5, 0.6) is 5.75 Å². The van der Waals surface area contributed by atoms with Crippen LogP contribution in [0.2, 0.25) is 5.02 Å². The molecule has 3 rings (SSSR count). The summed E-state index contributed by atoms with van der Waals surface area (Å²) in [4.78, 5) is 18.2. The molecule has 1 amide bonds. The number of carbonyl (C=O) groups excluding carboxylic acids is 1. The number of rotatable bonds is 2. The third-order valence-corrected chi connectivity index (χ3v) is 3.33. The molecule has 0 spiro atoms. The van der Waals surface area contributed by atoms with Gasteiger partial charge in [0.1, 0.15) is 11.6 Å². The van der Waals surface area contributed by atoms with Crippen molar-refractivity contribution in [2.75, 3.05) is 13.1 Å². The SMILES string of the molecule is O=C(Oc1ccccc1)N1CCN=C1c1cccc(Cl)c1. The van der Waals surface area contributed by atoms with E-state index in [1.54, 1.807) is 24.3 Å². The Morgan fingerprint density at radius 1 is 1.14 bits per heavy atom. The van der Waals surface area contributed by atoms with Gasteiger partial charge in [0.15, 0.2) is 0 Å². The van der Waals surface area contributed by atoms with Crippen LogP contribution in [0.15, 0.2) is 59.6 Å². The van der Waals surface area contributed by atoms with Gasteiger partial charge in [-0.25, -0.2) is 4.79 Å². The summed E-state index contributed by atoms with van der Waals surface area (Å²) in [7, 11) is 0. The molecular weight excluding hydrogens is 288 g/mol. The molecule has 4 nitrogen and oxygen atoms in total. The smallest absolute Gasteiger partial charge is 0.410 e. The Hall–Kier alpha value is -2.33. The summed E-state index contributed by atoms with van der Waals surface area (Å²) in [5.41, 5.74) is 0.810. The predicted molar refractivity (Wildman–Crippen MR) is 82.0 cm³/mol. The lowest BCUT2D eigenvalue weighted by molar-refractivity contribution is 0.179. The molecule has 0 N–H and O–H groups in total. The molecule has 0 saturated carbocycles. The summed E-state index contributed by atoms with van der Waals surface area (Å²) in [5, 5.41) is 0.610. The van der Waals surface area contributed by atoms with Crippen LogP contribution >= 0.6 is 11.6 Å². The fourth-order valence-electron chi connectivity index (χ4n) is 2.14. The van der Waals surface area contributed by atoms with Crippen LogP contribution in [-0.4, -0.2) is 29.9 Å². The average molecular weight is 301 g/mol. The molecule has 0 bridgehead atoms. The van der Waals surface area contributed by atoms with Crippen molar-refractivity contribution >= 4 is 23.5 Å². The third-order valence-electron chi connectivity index (χ3n) is 3.09. The van der Waals surface area contributed by atoms with Crippen LogP contribution in [0.1, 0.15) is 5.56 Å². The fourth-order valence-corrected chi connectivity index (χ4v) is 2.33. The van der Waals surface area contributed by atoms with Crippen LogP contribution in [0.4, 0.5) is 4.79 Å². The Labute approximate surface area is 127 Å². The molecule has 0 aliphatic carbocycles. The molecule has 0 saturated heterocycles. The highest BCUT2D eigenvalue weighted by Crippen LogP contribution is 2.18. The van der Waals surface area contributed by atoms with Crippen molar-refractivity contribution in [2.45, 2.75) is 0 Å². The number of halogens is 1. The molecule has 0 radical (unpaired) electrons. The minimum atomic E-state index is -0.433. The van der Waals surface area contributed by atoms with E-state index in [1.807, 2.05) is 30.3 Å². The third kappa shape index (κ3) is 3.06. The summed E-state index contributed by atoms with van der Waals surface area (Å²) in [6.07, 6.45) is -0.433. The van der Waals surface area contributed by atoms with Crippen molar-refractivity contribution in [1.82, 2.24) is 4.90 Å². The van der Waals surface area contributed by atoms with E-state index in [-0.39, 0.29) is 0 Å². The first-order valence-corrected chi connectivity index (χ1v) is 6.96. The zero-order valence-corrected chi connectivity index (χ0v) is 12.0. The number of benzene rings is 2. The molecule has 0 aromatic heterocycles. The summed E-state index contributed by atoms with van der Waals surface area (Å²) in [6, 6.07) is 16.3. The van der Waals surface area contributed by atoms with Crippen molar-refractivity contribution in [1.29, 1.82) is 0 Å². The predicted octanol–water partition coefficient (Wildman–Crippen LogP) is 3.60. The number of para-hydroxylation sites is 1. The van der Waals surface area contributed by atoms with Gasteiger partial charge in [-0.05, 0) is 24.3 Å². The molecule has 0 unspecified atom stereocenters. The van der Waals surface area contributed by atoms with Crippen LogP contribution in [-0.2, 0) is 0 Å². The minimum Gasteiger partial charge on any atom is -0.410 e. The number of nitrogens with zero attached hydrogens (tertiary/aromatic N) is 2. The Bertz CT molecular complexity index is 686. The Morgan fingerprint density at radius 2 is 1.95 bits per heavy atom. The van der Waals surface area contributed by atoms with Gasteiger partial charge in [-0.3, -0.25) is 9.89 Å². The highest BCUT2D eigenvalue weighted by Gasteiger charge is 2.26. The number of hydrogen-bond donors (Lipinski definition) is 0. The monoisotopic (exact) mass is 300 g/mol. The van der Waals surface area contributed by atoms with E-state index in [1.165, 1.54) is 4.90 Å². The normalized spacial score (nSPS) is 14.0. The maximum Gasteiger partial charge on any atom is 0.421 e. The van der Waals surface area contributed by atoms with Crippen molar-refractivity contribution in [3.05, 3.63) is 65.2 Å². The summed E-state index contributed by atoms with van der Waals surface area (Å²) >= 11 is 5.99. The van der Waals surface area contributed by atoms with Crippen molar-refractivity contribution in [3.63, 3.8) is 0 Å². The molecule has 2 aromatic rings. The van der Waals surface area contributed by atoms with Crippen LogP contribution in [0.3, 0.4) is 0 Å². The van der Waals surface area contributed by atoms with Gasteiger partial charge in [-0.15, -0.1) is 0 Å². The number of ether oxygens (including phenoxy) is 1. The van der Waals surface area contributed by atoms with Gasteiger partial charge in [0.05, 0.1) is 13.1 Å². The Balaban J connectivity index is 1.79. The number of carbonyl (C=O) groups is 1. The zero-order valence-electron chi connectivity index (χ0n) is 11.2. The van der Waals surface area contributed by atoms with E-state index < -0.39 is 6.09 Å². The van der Waals surface area contributed by atoms with E-state index in [4.69, 9.17) is 16.3 Å². The van der Waals surface area contributed by atoms with Crippen molar-refractivity contribution in [3.8, 4) is 5.75 Å². The van der Waals surface area contributed by atoms with Crippen molar-refractivity contribution in [2.24, 2.45) is 4.99 Å². The van der Waals surface area contributed by atoms with Gasteiger partial charge in [-0.1, -0.05) is 41.9 Å². The maximum absolute atomic E-state index is 12.3. The van der Waals surface area contributed by atoms with E-state index in [0.29, 0.717) is 29.7 Å². The number of amides is 1.